The summed E-state index contributed by atoms with van der Waals surface area (Å²) in [5, 5.41) is 7.25. The first kappa shape index (κ1) is 16.0. The molecule has 5 heteroatoms. The summed E-state index contributed by atoms with van der Waals surface area (Å²) in [5.74, 6) is -0.0213. The van der Waals surface area contributed by atoms with E-state index in [0.717, 1.165) is 16.8 Å². The van der Waals surface area contributed by atoms with Crippen LogP contribution in [0.4, 0.5) is 0 Å². The van der Waals surface area contributed by atoms with Crippen LogP contribution in [0, 0.1) is 0 Å². The zero-order chi connectivity index (χ0) is 16.4. The minimum Gasteiger partial charge on any atom is -0.273 e. The monoisotopic (exact) mass is 346 g/mol. The van der Waals surface area contributed by atoms with Crippen LogP contribution in [0.15, 0.2) is 53.6 Å². The zero-order valence-electron chi connectivity index (χ0n) is 12.7. The lowest BCUT2D eigenvalue weighted by atomic mass is 9.98. The number of hydrogen-bond donors (Lipinski definition) is 0. The molecule has 0 unspecified atom stereocenters. The van der Waals surface area contributed by atoms with Crippen molar-refractivity contribution in [2.45, 2.75) is 25.8 Å². The lowest BCUT2D eigenvalue weighted by Gasteiger charge is -2.22. The molecule has 0 saturated carbocycles. The molecule has 3 nitrogen and oxygen atoms in total. The van der Waals surface area contributed by atoms with Crippen molar-refractivity contribution in [1.82, 2.24) is 5.01 Å². The van der Waals surface area contributed by atoms with Crippen LogP contribution in [0.25, 0.3) is 0 Å². The largest absolute Gasteiger partial charge is 0.273 e. The average Bonchev–Trinajstić information content (AvgIpc) is 3.00. The second-order valence-electron chi connectivity index (χ2n) is 5.39. The van der Waals surface area contributed by atoms with E-state index in [4.69, 9.17) is 23.2 Å². The molecule has 1 aliphatic rings. The van der Waals surface area contributed by atoms with Crippen LogP contribution < -0.4 is 0 Å². The summed E-state index contributed by atoms with van der Waals surface area (Å²) in [4.78, 5) is 12.3. The number of carbonyl (C=O) groups excluding carboxylic acids is 1. The summed E-state index contributed by atoms with van der Waals surface area (Å²) >= 11 is 12.3. The number of halogens is 2. The Balaban J connectivity index is 1.99. The van der Waals surface area contributed by atoms with E-state index in [1.165, 1.54) is 0 Å². The van der Waals surface area contributed by atoms with Crippen LogP contribution in [0.1, 0.15) is 36.9 Å². The Morgan fingerprint density at radius 1 is 1.22 bits per heavy atom. The van der Waals surface area contributed by atoms with E-state index < -0.39 is 0 Å². The van der Waals surface area contributed by atoms with Gasteiger partial charge in [-0.15, -0.1) is 0 Å². The molecule has 0 bridgehead atoms. The van der Waals surface area contributed by atoms with Crippen molar-refractivity contribution in [2.75, 3.05) is 0 Å². The number of hydrogen-bond acceptors (Lipinski definition) is 2. The van der Waals surface area contributed by atoms with E-state index in [0.29, 0.717) is 22.9 Å². The smallest absolute Gasteiger partial charge is 0.242 e. The first-order chi connectivity index (χ1) is 11.1. The van der Waals surface area contributed by atoms with E-state index in [1.807, 2.05) is 43.3 Å². The molecule has 1 heterocycles. The van der Waals surface area contributed by atoms with Gasteiger partial charge in [-0.1, -0.05) is 66.5 Å². The van der Waals surface area contributed by atoms with Gasteiger partial charge in [0.25, 0.3) is 0 Å². The molecule has 118 valence electrons. The lowest BCUT2D eigenvalue weighted by Crippen LogP contribution is -2.26. The quantitative estimate of drug-likeness (QED) is 0.762. The third-order valence-electron chi connectivity index (χ3n) is 3.90. The van der Waals surface area contributed by atoms with Gasteiger partial charge in [0, 0.05) is 22.9 Å². The molecule has 0 aliphatic carbocycles. The normalized spacial score (nSPS) is 17.3. The van der Waals surface area contributed by atoms with Gasteiger partial charge in [-0.25, -0.2) is 5.01 Å². The molecule has 0 saturated heterocycles. The molecule has 0 aromatic heterocycles. The number of amides is 1. The standard InChI is InChI=1S/C18H16Cl2N2O/c1-2-18(23)22-17(14-9-8-13(19)10-15(14)20)11-16(21-22)12-6-4-3-5-7-12/h3-10,17H,2,11H2,1H3/t17-/m0/s1. The zero-order valence-corrected chi connectivity index (χ0v) is 14.2. The Hall–Kier alpha value is -1.84. The van der Waals surface area contributed by atoms with Crippen LogP contribution in [0.5, 0.6) is 0 Å². The highest BCUT2D eigenvalue weighted by Crippen LogP contribution is 2.37. The SMILES string of the molecule is CCC(=O)N1N=C(c2ccccc2)C[C@H]1c1ccc(Cl)cc1Cl. The first-order valence-corrected chi connectivity index (χ1v) is 8.25. The van der Waals surface area contributed by atoms with Gasteiger partial charge in [-0.05, 0) is 23.3 Å². The fourth-order valence-electron chi connectivity index (χ4n) is 2.72. The molecule has 1 amide bonds. The molecule has 2 aromatic rings. The van der Waals surface area contributed by atoms with Crippen molar-refractivity contribution in [2.24, 2.45) is 5.10 Å². The fourth-order valence-corrected chi connectivity index (χ4v) is 3.26. The van der Waals surface area contributed by atoms with Gasteiger partial charge in [0.2, 0.25) is 5.91 Å². The molecule has 0 fully saturated rings. The Labute approximate surface area is 145 Å². The maximum absolute atomic E-state index is 12.3. The van der Waals surface area contributed by atoms with Gasteiger partial charge in [0.05, 0.1) is 11.8 Å². The molecule has 1 aliphatic heterocycles. The van der Waals surface area contributed by atoms with Crippen molar-refractivity contribution in [1.29, 1.82) is 0 Å². The van der Waals surface area contributed by atoms with Crippen molar-refractivity contribution >= 4 is 34.8 Å². The van der Waals surface area contributed by atoms with Crippen molar-refractivity contribution in [3.63, 3.8) is 0 Å². The van der Waals surface area contributed by atoms with E-state index in [1.54, 1.807) is 17.1 Å². The highest BCUT2D eigenvalue weighted by atomic mass is 35.5. The first-order valence-electron chi connectivity index (χ1n) is 7.50. The molecule has 23 heavy (non-hydrogen) atoms. The molecule has 0 spiro atoms. The van der Waals surface area contributed by atoms with Crippen LogP contribution in [0.2, 0.25) is 10.0 Å². The van der Waals surface area contributed by atoms with Gasteiger partial charge >= 0.3 is 0 Å². The summed E-state index contributed by atoms with van der Waals surface area (Å²) < 4.78 is 0. The topological polar surface area (TPSA) is 32.7 Å². The van der Waals surface area contributed by atoms with E-state index in [9.17, 15) is 4.79 Å². The number of rotatable bonds is 3. The molecule has 2 aromatic carbocycles. The van der Waals surface area contributed by atoms with Crippen molar-refractivity contribution < 1.29 is 4.79 Å². The number of nitrogens with zero attached hydrogens (tertiary/aromatic N) is 2. The lowest BCUT2D eigenvalue weighted by molar-refractivity contribution is -0.132. The molecular weight excluding hydrogens is 331 g/mol. The molecule has 3 rings (SSSR count). The number of carbonyl (C=O) groups is 1. The number of benzene rings is 2. The van der Waals surface area contributed by atoms with Crippen LogP contribution >= 0.6 is 23.2 Å². The van der Waals surface area contributed by atoms with E-state index in [2.05, 4.69) is 5.10 Å². The van der Waals surface area contributed by atoms with Gasteiger partial charge < -0.3 is 0 Å². The Kier molecular flexibility index (Phi) is 4.69. The minimum absolute atomic E-state index is 0.0213. The summed E-state index contributed by atoms with van der Waals surface area (Å²) in [5.41, 5.74) is 2.78. The van der Waals surface area contributed by atoms with Gasteiger partial charge in [-0.2, -0.15) is 5.10 Å². The van der Waals surface area contributed by atoms with Crippen LogP contribution in [0.3, 0.4) is 0 Å². The fraction of sp³-hybridized carbons (Fsp3) is 0.222. The van der Waals surface area contributed by atoms with Gasteiger partial charge in [0.15, 0.2) is 0 Å². The maximum atomic E-state index is 12.3. The average molecular weight is 347 g/mol. The highest BCUT2D eigenvalue weighted by molar-refractivity contribution is 6.35. The minimum atomic E-state index is -0.192. The summed E-state index contributed by atoms with van der Waals surface area (Å²) in [6.45, 7) is 1.83. The van der Waals surface area contributed by atoms with Gasteiger partial charge in [0.1, 0.15) is 0 Å². The van der Waals surface area contributed by atoms with Crippen LogP contribution in [-0.4, -0.2) is 16.6 Å². The molecular formula is C18H16Cl2N2O. The predicted octanol–water partition coefficient (Wildman–Crippen LogP) is 5.08. The summed E-state index contributed by atoms with van der Waals surface area (Å²) in [7, 11) is 0. The maximum Gasteiger partial charge on any atom is 0.242 e. The van der Waals surface area contributed by atoms with Crippen molar-refractivity contribution in [3.8, 4) is 0 Å². The molecule has 0 N–H and O–H groups in total. The summed E-state index contributed by atoms with van der Waals surface area (Å²) in [6.07, 6.45) is 1.03. The van der Waals surface area contributed by atoms with Crippen LogP contribution in [-0.2, 0) is 4.79 Å². The third-order valence-corrected chi connectivity index (χ3v) is 4.46. The predicted molar refractivity (Wildman–Crippen MR) is 93.9 cm³/mol. The number of hydrazone groups is 1. The second kappa shape index (κ2) is 6.73. The highest BCUT2D eigenvalue weighted by Gasteiger charge is 2.33. The Bertz CT molecular complexity index is 759. The Morgan fingerprint density at radius 2 is 1.96 bits per heavy atom. The second-order valence-corrected chi connectivity index (χ2v) is 6.23. The van der Waals surface area contributed by atoms with Crippen molar-refractivity contribution in [3.05, 3.63) is 69.7 Å². The van der Waals surface area contributed by atoms with Gasteiger partial charge in [-0.3, -0.25) is 4.79 Å². The third kappa shape index (κ3) is 3.26. The molecule has 0 radical (unpaired) electrons. The van der Waals surface area contributed by atoms with E-state index >= 15 is 0 Å². The Morgan fingerprint density at radius 3 is 2.61 bits per heavy atom. The summed E-state index contributed by atoms with van der Waals surface area (Å²) in [6, 6.07) is 15.1. The molecule has 1 atom stereocenters. The van der Waals surface area contributed by atoms with E-state index in [-0.39, 0.29) is 11.9 Å².